The standard InChI is InChI=1S/C26H25N3O3S/c1-5-32-26(31)21-14-20(15-27)25(28-18(21)4)33-23(19-9-7-6-8-10-19)24(30)29-22-13-16(2)11-12-17(22)3/h6-14,23H,5H2,1-4H3,(H,29,30). The van der Waals surface area contributed by atoms with Gasteiger partial charge in [-0.25, -0.2) is 9.78 Å². The second-order valence-corrected chi connectivity index (χ2v) is 8.62. The molecule has 0 fully saturated rings. The fourth-order valence-corrected chi connectivity index (χ4v) is 4.35. The molecule has 0 aliphatic rings. The van der Waals surface area contributed by atoms with E-state index in [0.29, 0.717) is 10.7 Å². The Labute approximate surface area is 198 Å². The minimum atomic E-state index is -0.654. The zero-order valence-corrected chi connectivity index (χ0v) is 19.8. The second kappa shape index (κ2) is 10.8. The smallest absolute Gasteiger partial charge is 0.340 e. The molecule has 1 unspecified atom stereocenters. The van der Waals surface area contributed by atoms with Crippen molar-refractivity contribution in [3.63, 3.8) is 0 Å². The Balaban J connectivity index is 1.99. The van der Waals surface area contributed by atoms with Crippen molar-refractivity contribution < 1.29 is 14.3 Å². The van der Waals surface area contributed by atoms with Gasteiger partial charge in [0, 0.05) is 5.69 Å². The molecule has 168 valence electrons. The zero-order chi connectivity index (χ0) is 24.0. The maximum absolute atomic E-state index is 13.4. The summed E-state index contributed by atoms with van der Waals surface area (Å²) in [5, 5.41) is 12.5. The summed E-state index contributed by atoms with van der Waals surface area (Å²) >= 11 is 1.18. The van der Waals surface area contributed by atoms with Gasteiger partial charge in [0.2, 0.25) is 5.91 Å². The lowest BCUT2D eigenvalue weighted by atomic mass is 10.1. The quantitative estimate of drug-likeness (QED) is 0.369. The van der Waals surface area contributed by atoms with E-state index in [4.69, 9.17) is 4.74 Å². The van der Waals surface area contributed by atoms with Crippen LogP contribution in [0, 0.1) is 32.1 Å². The molecule has 0 saturated carbocycles. The first-order valence-corrected chi connectivity index (χ1v) is 11.4. The number of carbonyl (C=O) groups is 2. The molecule has 7 heteroatoms. The first-order chi connectivity index (χ1) is 15.8. The monoisotopic (exact) mass is 459 g/mol. The van der Waals surface area contributed by atoms with Gasteiger partial charge in [0.1, 0.15) is 16.3 Å². The van der Waals surface area contributed by atoms with Crippen molar-refractivity contribution in [2.24, 2.45) is 0 Å². The molecule has 0 aliphatic heterocycles. The van der Waals surface area contributed by atoms with Gasteiger partial charge in [0.15, 0.2) is 0 Å². The Bertz CT molecular complexity index is 1220. The van der Waals surface area contributed by atoms with Crippen molar-refractivity contribution in [3.05, 3.63) is 88.1 Å². The van der Waals surface area contributed by atoms with Crippen LogP contribution in [0.25, 0.3) is 0 Å². The van der Waals surface area contributed by atoms with Crippen LogP contribution in [0.2, 0.25) is 0 Å². The average molecular weight is 460 g/mol. The number of nitrogens with one attached hydrogen (secondary N) is 1. The average Bonchev–Trinajstić information content (AvgIpc) is 2.80. The van der Waals surface area contributed by atoms with E-state index in [0.717, 1.165) is 22.4 Å². The van der Waals surface area contributed by atoms with E-state index in [-0.39, 0.29) is 23.6 Å². The molecule has 6 nitrogen and oxygen atoms in total. The molecule has 1 heterocycles. The van der Waals surface area contributed by atoms with Crippen LogP contribution >= 0.6 is 11.8 Å². The molecule has 1 atom stereocenters. The highest BCUT2D eigenvalue weighted by atomic mass is 32.2. The van der Waals surface area contributed by atoms with Crippen LogP contribution in [-0.2, 0) is 9.53 Å². The summed E-state index contributed by atoms with van der Waals surface area (Å²) in [6, 6.07) is 18.8. The van der Waals surface area contributed by atoms with Gasteiger partial charge in [-0.3, -0.25) is 4.79 Å². The molecule has 0 spiro atoms. The van der Waals surface area contributed by atoms with Gasteiger partial charge in [-0.1, -0.05) is 54.2 Å². The molecule has 1 N–H and O–H groups in total. The van der Waals surface area contributed by atoms with Crippen molar-refractivity contribution in [1.29, 1.82) is 5.26 Å². The predicted octanol–water partition coefficient (Wildman–Crippen LogP) is 5.53. The molecule has 33 heavy (non-hydrogen) atoms. The van der Waals surface area contributed by atoms with E-state index in [1.807, 2.05) is 62.4 Å². The zero-order valence-electron chi connectivity index (χ0n) is 19.0. The minimum Gasteiger partial charge on any atom is -0.462 e. The third kappa shape index (κ3) is 5.79. The number of pyridine rings is 1. The molecule has 3 rings (SSSR count). The lowest BCUT2D eigenvalue weighted by Crippen LogP contribution is -2.20. The van der Waals surface area contributed by atoms with Crippen molar-refractivity contribution in [2.45, 2.75) is 38.0 Å². The number of nitrogens with zero attached hydrogens (tertiary/aromatic N) is 2. The summed E-state index contributed by atoms with van der Waals surface area (Å²) in [7, 11) is 0. The van der Waals surface area contributed by atoms with Crippen LogP contribution in [0.3, 0.4) is 0 Å². The lowest BCUT2D eigenvalue weighted by molar-refractivity contribution is -0.115. The normalized spacial score (nSPS) is 11.4. The third-order valence-electron chi connectivity index (χ3n) is 5.01. The summed E-state index contributed by atoms with van der Waals surface area (Å²) < 4.78 is 5.06. The van der Waals surface area contributed by atoms with Crippen molar-refractivity contribution in [3.8, 4) is 6.07 Å². The Kier molecular flexibility index (Phi) is 7.86. The number of benzene rings is 2. The van der Waals surface area contributed by atoms with E-state index in [2.05, 4.69) is 16.4 Å². The van der Waals surface area contributed by atoms with Crippen LogP contribution < -0.4 is 5.32 Å². The largest absolute Gasteiger partial charge is 0.462 e. The number of hydrogen-bond donors (Lipinski definition) is 1. The van der Waals surface area contributed by atoms with E-state index >= 15 is 0 Å². The number of aromatic nitrogens is 1. The SMILES string of the molecule is CCOC(=O)c1cc(C#N)c(SC(C(=O)Nc2cc(C)ccc2C)c2ccccc2)nc1C. The number of aryl methyl sites for hydroxylation is 3. The Morgan fingerprint density at radius 3 is 2.52 bits per heavy atom. The van der Waals surface area contributed by atoms with Crippen LogP contribution in [-0.4, -0.2) is 23.5 Å². The van der Waals surface area contributed by atoms with Crippen LogP contribution in [0.5, 0.6) is 0 Å². The van der Waals surface area contributed by atoms with Crippen LogP contribution in [0.4, 0.5) is 5.69 Å². The van der Waals surface area contributed by atoms with Gasteiger partial charge < -0.3 is 10.1 Å². The summed E-state index contributed by atoms with van der Waals surface area (Å²) in [6.45, 7) is 7.54. The van der Waals surface area contributed by atoms with Crippen molar-refractivity contribution >= 4 is 29.3 Å². The molecule has 2 aromatic carbocycles. The van der Waals surface area contributed by atoms with Gasteiger partial charge in [-0.05, 0) is 56.5 Å². The topological polar surface area (TPSA) is 92.1 Å². The van der Waals surface area contributed by atoms with Crippen LogP contribution in [0.15, 0.2) is 59.6 Å². The summed E-state index contributed by atoms with van der Waals surface area (Å²) in [5.41, 5.74) is 4.42. The number of ether oxygens (including phenoxy) is 1. The molecule has 0 aliphatic carbocycles. The third-order valence-corrected chi connectivity index (χ3v) is 6.27. The predicted molar refractivity (Wildman–Crippen MR) is 129 cm³/mol. The fraction of sp³-hybridized carbons (Fsp3) is 0.231. The van der Waals surface area contributed by atoms with E-state index in [1.54, 1.807) is 13.8 Å². The highest BCUT2D eigenvalue weighted by Crippen LogP contribution is 2.37. The maximum atomic E-state index is 13.4. The minimum absolute atomic E-state index is 0.217. The first kappa shape index (κ1) is 24.0. The van der Waals surface area contributed by atoms with E-state index < -0.39 is 11.2 Å². The Morgan fingerprint density at radius 2 is 1.85 bits per heavy atom. The summed E-state index contributed by atoms with van der Waals surface area (Å²) in [6.07, 6.45) is 0. The van der Waals surface area contributed by atoms with E-state index in [1.165, 1.54) is 17.8 Å². The number of rotatable bonds is 7. The summed E-state index contributed by atoms with van der Waals surface area (Å²) in [4.78, 5) is 30.1. The number of carbonyl (C=O) groups excluding carboxylic acids is 2. The van der Waals surface area contributed by atoms with Gasteiger partial charge in [0.05, 0.1) is 23.4 Å². The molecule has 0 bridgehead atoms. The number of thioether (sulfide) groups is 1. The number of nitriles is 1. The second-order valence-electron chi connectivity index (χ2n) is 7.52. The van der Waals surface area contributed by atoms with Gasteiger partial charge >= 0.3 is 5.97 Å². The van der Waals surface area contributed by atoms with E-state index in [9.17, 15) is 14.9 Å². The number of amides is 1. The van der Waals surface area contributed by atoms with Crippen LogP contribution in [0.1, 0.15) is 50.5 Å². The van der Waals surface area contributed by atoms with Crippen molar-refractivity contribution in [2.75, 3.05) is 11.9 Å². The highest BCUT2D eigenvalue weighted by molar-refractivity contribution is 8.00. The maximum Gasteiger partial charge on any atom is 0.340 e. The number of esters is 1. The number of hydrogen-bond acceptors (Lipinski definition) is 6. The molecule has 0 saturated heterocycles. The van der Waals surface area contributed by atoms with Gasteiger partial charge in [-0.15, -0.1) is 0 Å². The molecular weight excluding hydrogens is 434 g/mol. The van der Waals surface area contributed by atoms with Gasteiger partial charge in [0.25, 0.3) is 0 Å². The molecule has 3 aromatic rings. The highest BCUT2D eigenvalue weighted by Gasteiger charge is 2.26. The molecular formula is C26H25N3O3S. The molecule has 1 amide bonds. The van der Waals surface area contributed by atoms with Gasteiger partial charge in [-0.2, -0.15) is 5.26 Å². The first-order valence-electron chi connectivity index (χ1n) is 10.5. The lowest BCUT2D eigenvalue weighted by Gasteiger charge is -2.19. The summed E-state index contributed by atoms with van der Waals surface area (Å²) in [5.74, 6) is -0.750. The Morgan fingerprint density at radius 1 is 1.12 bits per heavy atom. The Hall–Kier alpha value is -3.63. The fourth-order valence-electron chi connectivity index (χ4n) is 3.25. The number of anilines is 1. The van der Waals surface area contributed by atoms with Crippen molar-refractivity contribution in [1.82, 2.24) is 4.98 Å². The molecule has 0 radical (unpaired) electrons. The molecule has 1 aromatic heterocycles.